The molecule has 0 aliphatic heterocycles. The van der Waals surface area contributed by atoms with E-state index < -0.39 is 0 Å². The Morgan fingerprint density at radius 2 is 1.68 bits per heavy atom. The zero-order chi connectivity index (χ0) is 26.1. The first-order valence-corrected chi connectivity index (χ1v) is 11.7. The Kier molecular flexibility index (Phi) is 16.0. The summed E-state index contributed by atoms with van der Waals surface area (Å²) in [6, 6.07) is 11.1. The lowest BCUT2D eigenvalue weighted by Crippen LogP contribution is -1.87. The summed E-state index contributed by atoms with van der Waals surface area (Å²) >= 11 is 0. The van der Waals surface area contributed by atoms with Crippen molar-refractivity contribution in [2.24, 2.45) is 0 Å². The molecule has 3 N–H and O–H groups in total. The highest BCUT2D eigenvalue weighted by molar-refractivity contribution is 5.42. The van der Waals surface area contributed by atoms with Gasteiger partial charge in [0, 0.05) is 0 Å². The summed E-state index contributed by atoms with van der Waals surface area (Å²) in [5.41, 5.74) is 5.84. The summed E-state index contributed by atoms with van der Waals surface area (Å²) < 4.78 is 4.95. The number of methoxy groups -OCH3 is 1. The van der Waals surface area contributed by atoms with Gasteiger partial charge in [-0.1, -0.05) is 61.4 Å². The lowest BCUT2D eigenvalue weighted by Gasteiger charge is -2.07. The number of aromatic hydroxyl groups is 2. The normalized spacial score (nSPS) is 10.4. The van der Waals surface area contributed by atoms with Crippen LogP contribution in [0.3, 0.4) is 0 Å². The van der Waals surface area contributed by atoms with E-state index in [0.717, 1.165) is 36.0 Å². The fraction of sp³-hybridized carbons (Fsp3) is 0.400. The van der Waals surface area contributed by atoms with Gasteiger partial charge >= 0.3 is 0 Å². The van der Waals surface area contributed by atoms with E-state index >= 15 is 0 Å². The van der Waals surface area contributed by atoms with E-state index in [2.05, 4.69) is 47.3 Å². The molecule has 188 valence electrons. The number of rotatable bonds is 8. The Bertz CT molecular complexity index is 919. The number of aryl methyl sites for hydroxylation is 1. The number of aliphatic hydroxyl groups is 1. The van der Waals surface area contributed by atoms with Crippen molar-refractivity contribution in [2.75, 3.05) is 13.7 Å². The average Bonchev–Trinajstić information content (AvgIpc) is 2.76. The van der Waals surface area contributed by atoms with Gasteiger partial charge in [-0.05, 0) is 87.8 Å². The van der Waals surface area contributed by atoms with Crippen LogP contribution in [0, 0.1) is 6.92 Å². The maximum atomic E-state index is 9.46. The maximum Gasteiger partial charge on any atom is 0.160 e. The van der Waals surface area contributed by atoms with Gasteiger partial charge in [-0.25, -0.2) is 0 Å². The van der Waals surface area contributed by atoms with Crippen LogP contribution >= 0.6 is 0 Å². The number of hydrogen-bond donors (Lipinski definition) is 3. The highest BCUT2D eigenvalue weighted by Gasteiger charge is 2.04. The molecule has 0 unspecified atom stereocenters. The van der Waals surface area contributed by atoms with Crippen molar-refractivity contribution in [2.45, 2.75) is 66.7 Å². The molecular formula is C30H44O4. The van der Waals surface area contributed by atoms with Gasteiger partial charge in [-0.15, -0.1) is 6.58 Å². The Labute approximate surface area is 206 Å². The second-order valence-electron chi connectivity index (χ2n) is 8.77. The second-order valence-corrected chi connectivity index (χ2v) is 8.77. The first-order valence-electron chi connectivity index (χ1n) is 11.7. The second kappa shape index (κ2) is 17.5. The minimum absolute atomic E-state index is 0.167. The number of phenols is 2. The van der Waals surface area contributed by atoms with E-state index in [-0.39, 0.29) is 12.4 Å². The van der Waals surface area contributed by atoms with Crippen LogP contribution in [0.2, 0.25) is 0 Å². The first-order chi connectivity index (χ1) is 16.0. The third-order valence-electron chi connectivity index (χ3n) is 4.96. The minimum Gasteiger partial charge on any atom is -0.508 e. The van der Waals surface area contributed by atoms with Crippen LogP contribution in [0.4, 0.5) is 0 Å². The Morgan fingerprint density at radius 3 is 2.18 bits per heavy atom. The van der Waals surface area contributed by atoms with Gasteiger partial charge in [0.2, 0.25) is 0 Å². The van der Waals surface area contributed by atoms with Gasteiger partial charge in [-0.2, -0.15) is 0 Å². The molecule has 4 heteroatoms. The van der Waals surface area contributed by atoms with Crippen molar-refractivity contribution in [1.82, 2.24) is 0 Å². The van der Waals surface area contributed by atoms with E-state index in [1.54, 1.807) is 18.2 Å². The molecule has 0 radical (unpaired) electrons. The van der Waals surface area contributed by atoms with E-state index in [1.807, 2.05) is 37.3 Å². The standard InChI is InChI=1S/C10H12O2.C10H14O.C10H18O/c1-3-4-8-5-6-9(11)10(7-8)12-2;1-7(2)9-5-4-8(3)6-10(9)11;1-9(2)5-4-6-10(3)7-8-11/h3,5-7,11H,1,4H2,2H3;4-7,11H,1-3H3;5,7,11H,4,6,8H2,1-3H3/b;;10-7+. The minimum atomic E-state index is 0.167. The summed E-state index contributed by atoms with van der Waals surface area (Å²) in [6.07, 6.45) is 8.83. The summed E-state index contributed by atoms with van der Waals surface area (Å²) in [4.78, 5) is 0. The molecule has 0 amide bonds. The SMILES string of the molecule is C=CCc1ccc(O)c(OC)c1.CC(C)=CCC/C(C)=C/CO.Cc1ccc(C(C)C)c(O)c1. The van der Waals surface area contributed by atoms with Crippen molar-refractivity contribution < 1.29 is 20.1 Å². The number of aliphatic hydroxyl groups excluding tert-OH is 1. The molecule has 0 atom stereocenters. The number of hydrogen-bond acceptors (Lipinski definition) is 4. The number of allylic oxidation sites excluding steroid dienone is 4. The predicted molar refractivity (Wildman–Crippen MR) is 145 cm³/mol. The van der Waals surface area contributed by atoms with E-state index in [4.69, 9.17) is 9.84 Å². The van der Waals surface area contributed by atoms with E-state index in [0.29, 0.717) is 17.4 Å². The molecule has 0 heterocycles. The van der Waals surface area contributed by atoms with Gasteiger partial charge in [0.05, 0.1) is 13.7 Å². The molecule has 0 saturated carbocycles. The Morgan fingerprint density at radius 1 is 1.00 bits per heavy atom. The highest BCUT2D eigenvalue weighted by atomic mass is 16.5. The summed E-state index contributed by atoms with van der Waals surface area (Å²) in [5.74, 6) is 1.50. The topological polar surface area (TPSA) is 69.9 Å². The molecule has 0 aromatic heterocycles. The monoisotopic (exact) mass is 468 g/mol. The zero-order valence-electron chi connectivity index (χ0n) is 22.1. The third-order valence-corrected chi connectivity index (χ3v) is 4.96. The molecular weight excluding hydrogens is 424 g/mol. The van der Waals surface area contributed by atoms with Gasteiger partial charge in [0.1, 0.15) is 5.75 Å². The summed E-state index contributed by atoms with van der Waals surface area (Å²) in [5, 5.41) is 27.3. The smallest absolute Gasteiger partial charge is 0.160 e. The average molecular weight is 469 g/mol. The van der Waals surface area contributed by atoms with Crippen molar-refractivity contribution in [1.29, 1.82) is 0 Å². The molecule has 34 heavy (non-hydrogen) atoms. The lowest BCUT2D eigenvalue weighted by atomic mass is 10.0. The van der Waals surface area contributed by atoms with E-state index in [9.17, 15) is 10.2 Å². The van der Waals surface area contributed by atoms with Gasteiger partial charge in [-0.3, -0.25) is 0 Å². The first kappa shape index (κ1) is 31.0. The van der Waals surface area contributed by atoms with E-state index in [1.165, 1.54) is 18.3 Å². The predicted octanol–water partition coefficient (Wildman–Crippen LogP) is 7.62. The van der Waals surface area contributed by atoms with Crippen LogP contribution in [0.5, 0.6) is 17.2 Å². The molecule has 0 saturated heterocycles. The molecule has 2 rings (SSSR count). The highest BCUT2D eigenvalue weighted by Crippen LogP contribution is 2.26. The van der Waals surface area contributed by atoms with Gasteiger partial charge in [0.15, 0.2) is 11.5 Å². The Hall–Kier alpha value is -2.98. The van der Waals surface area contributed by atoms with Crippen molar-refractivity contribution >= 4 is 0 Å². The van der Waals surface area contributed by atoms with Crippen molar-refractivity contribution in [3.8, 4) is 17.2 Å². The number of benzene rings is 2. The lowest BCUT2D eigenvalue weighted by molar-refractivity contribution is 0.341. The van der Waals surface area contributed by atoms with Crippen LogP contribution in [0.15, 0.2) is 72.4 Å². The summed E-state index contributed by atoms with van der Waals surface area (Å²) in [6.45, 7) is 16.2. The fourth-order valence-electron chi connectivity index (χ4n) is 3.00. The summed E-state index contributed by atoms with van der Waals surface area (Å²) in [7, 11) is 1.53. The van der Waals surface area contributed by atoms with Crippen LogP contribution in [0.25, 0.3) is 0 Å². The fourth-order valence-corrected chi connectivity index (χ4v) is 3.00. The zero-order valence-corrected chi connectivity index (χ0v) is 22.1. The Balaban J connectivity index is 0.000000481. The maximum absolute atomic E-state index is 9.46. The molecule has 2 aromatic rings. The molecule has 0 aliphatic carbocycles. The molecule has 2 aromatic carbocycles. The third kappa shape index (κ3) is 13.5. The van der Waals surface area contributed by atoms with Crippen LogP contribution in [0.1, 0.15) is 70.1 Å². The molecule has 0 spiro atoms. The quantitative estimate of drug-likeness (QED) is 0.348. The van der Waals surface area contributed by atoms with Crippen molar-refractivity contribution in [3.63, 3.8) is 0 Å². The van der Waals surface area contributed by atoms with Crippen LogP contribution in [-0.4, -0.2) is 29.0 Å². The number of ether oxygens (including phenoxy) is 1. The van der Waals surface area contributed by atoms with Crippen molar-refractivity contribution in [3.05, 3.63) is 89.0 Å². The molecule has 0 bridgehead atoms. The number of phenolic OH excluding ortho intramolecular Hbond substituents is 2. The van der Waals surface area contributed by atoms with Gasteiger partial charge in [0.25, 0.3) is 0 Å². The molecule has 0 fully saturated rings. The molecule has 4 nitrogen and oxygen atoms in total. The molecule has 0 aliphatic rings. The van der Waals surface area contributed by atoms with Crippen LogP contribution < -0.4 is 4.74 Å². The largest absolute Gasteiger partial charge is 0.508 e. The van der Waals surface area contributed by atoms with Gasteiger partial charge < -0.3 is 20.1 Å². The van der Waals surface area contributed by atoms with Crippen LogP contribution in [-0.2, 0) is 6.42 Å².